The van der Waals surface area contributed by atoms with E-state index in [4.69, 9.17) is 4.74 Å². The van der Waals surface area contributed by atoms with Crippen LogP contribution in [0, 0.1) is 12.8 Å². The predicted molar refractivity (Wildman–Crippen MR) is 97.4 cm³/mol. The lowest BCUT2D eigenvalue weighted by molar-refractivity contribution is -0.152. The Morgan fingerprint density at radius 2 is 2.00 bits per heavy atom. The third-order valence-corrected chi connectivity index (χ3v) is 5.11. The van der Waals surface area contributed by atoms with Gasteiger partial charge >= 0.3 is 11.8 Å². The number of morpholine rings is 1. The predicted octanol–water partition coefficient (Wildman–Crippen LogP) is 1.56. The summed E-state index contributed by atoms with van der Waals surface area (Å²) in [6.45, 7) is 4.85. The van der Waals surface area contributed by atoms with Gasteiger partial charge in [0.15, 0.2) is 0 Å². The first-order chi connectivity index (χ1) is 12.5. The molecule has 1 aliphatic carbocycles. The van der Waals surface area contributed by atoms with E-state index < -0.39 is 17.9 Å². The third-order valence-electron chi connectivity index (χ3n) is 5.11. The summed E-state index contributed by atoms with van der Waals surface area (Å²) in [6.07, 6.45) is 1.99. The molecule has 2 N–H and O–H groups in total. The smallest absolute Gasteiger partial charge is 0.312 e. The van der Waals surface area contributed by atoms with Gasteiger partial charge in [-0.05, 0) is 44.6 Å². The molecule has 1 aliphatic heterocycles. The molecule has 142 valence electrons. The molecule has 0 bridgehead atoms. The van der Waals surface area contributed by atoms with Gasteiger partial charge in [0.1, 0.15) is 0 Å². The molecule has 0 unspecified atom stereocenters. The highest BCUT2D eigenvalue weighted by Gasteiger charge is 2.37. The van der Waals surface area contributed by atoms with E-state index in [0.29, 0.717) is 32.1 Å². The Bertz CT molecular complexity index is 640. The lowest BCUT2D eigenvalue weighted by Crippen LogP contribution is -2.54. The van der Waals surface area contributed by atoms with Crippen LogP contribution in [0.3, 0.4) is 0 Å². The summed E-state index contributed by atoms with van der Waals surface area (Å²) in [5.41, 5.74) is 2.21. The van der Waals surface area contributed by atoms with E-state index in [-0.39, 0.29) is 12.1 Å². The monoisotopic (exact) mass is 360 g/mol. The van der Waals surface area contributed by atoms with Crippen molar-refractivity contribution in [3.63, 3.8) is 0 Å². The summed E-state index contributed by atoms with van der Waals surface area (Å²) in [7, 11) is 0. The normalized spacial score (nSPS) is 22.6. The second kappa shape index (κ2) is 8.18. The van der Waals surface area contributed by atoms with Gasteiger partial charge in [0.05, 0.1) is 31.4 Å². The maximum Gasteiger partial charge on any atom is 0.312 e. The van der Waals surface area contributed by atoms with Crippen molar-refractivity contribution in [2.45, 2.75) is 51.3 Å². The van der Waals surface area contributed by atoms with E-state index in [1.807, 2.05) is 31.2 Å². The fourth-order valence-corrected chi connectivity index (χ4v) is 3.52. The minimum absolute atomic E-state index is 0.122. The van der Waals surface area contributed by atoms with Crippen LogP contribution in [-0.4, -0.2) is 53.7 Å². The molecule has 6 heteroatoms. The minimum atomic E-state index is -0.569. The van der Waals surface area contributed by atoms with Gasteiger partial charge in [0, 0.05) is 6.54 Å². The van der Waals surface area contributed by atoms with Gasteiger partial charge < -0.3 is 20.1 Å². The molecule has 2 fully saturated rings. The summed E-state index contributed by atoms with van der Waals surface area (Å²) >= 11 is 0. The fourth-order valence-electron chi connectivity index (χ4n) is 3.52. The lowest BCUT2D eigenvalue weighted by atomic mass is 10.0. The van der Waals surface area contributed by atoms with Crippen LogP contribution >= 0.6 is 0 Å². The summed E-state index contributed by atoms with van der Waals surface area (Å²) < 4.78 is 5.42. The quantitative estimate of drug-likeness (QED) is 0.781. The Morgan fingerprint density at radius 3 is 2.62 bits per heavy atom. The zero-order valence-corrected chi connectivity index (χ0v) is 15.5. The number of amides is 2. The molecule has 2 aliphatic rings. The summed E-state index contributed by atoms with van der Waals surface area (Å²) in [5.74, 6) is -0.705. The van der Waals surface area contributed by atoms with Crippen LogP contribution in [-0.2, 0) is 14.3 Å². The van der Waals surface area contributed by atoms with Crippen molar-refractivity contribution in [3.8, 4) is 0 Å². The molecule has 0 spiro atoms. The molecule has 26 heavy (non-hydrogen) atoms. The van der Waals surface area contributed by atoms with Gasteiger partial charge in [-0.25, -0.2) is 0 Å². The van der Waals surface area contributed by atoms with E-state index >= 15 is 0 Å². The molecule has 1 aromatic rings. The summed E-state index contributed by atoms with van der Waals surface area (Å²) in [4.78, 5) is 26.9. The molecule has 0 radical (unpaired) electrons. The molecule has 1 aromatic carbocycles. The topological polar surface area (TPSA) is 78.9 Å². The highest BCUT2D eigenvalue weighted by molar-refractivity contribution is 6.35. The zero-order chi connectivity index (χ0) is 18.7. The van der Waals surface area contributed by atoms with Crippen molar-refractivity contribution in [2.24, 2.45) is 5.92 Å². The molecule has 1 heterocycles. The van der Waals surface area contributed by atoms with Crippen molar-refractivity contribution in [3.05, 3.63) is 35.4 Å². The van der Waals surface area contributed by atoms with E-state index in [9.17, 15) is 14.7 Å². The largest absolute Gasteiger partial charge is 0.393 e. The molecule has 0 aromatic heterocycles. The number of nitrogens with zero attached hydrogens (tertiary/aromatic N) is 1. The fraction of sp³-hybridized carbons (Fsp3) is 0.600. The number of carbonyl (C=O) groups is 2. The van der Waals surface area contributed by atoms with Crippen LogP contribution in [0.15, 0.2) is 24.3 Å². The highest BCUT2D eigenvalue weighted by Crippen LogP contribution is 2.41. The summed E-state index contributed by atoms with van der Waals surface area (Å²) in [5, 5.41) is 12.6. The Hall–Kier alpha value is -1.92. The second-order valence-corrected chi connectivity index (χ2v) is 7.51. The van der Waals surface area contributed by atoms with Crippen LogP contribution in [0.25, 0.3) is 0 Å². The second-order valence-electron chi connectivity index (χ2n) is 7.51. The first kappa shape index (κ1) is 18.9. The zero-order valence-electron chi connectivity index (χ0n) is 15.5. The molecule has 1 saturated heterocycles. The third kappa shape index (κ3) is 4.62. The number of aryl methyl sites for hydroxylation is 1. The van der Waals surface area contributed by atoms with Gasteiger partial charge in [0.2, 0.25) is 0 Å². The number of aliphatic hydroxyl groups is 1. The van der Waals surface area contributed by atoms with Crippen molar-refractivity contribution in [1.29, 1.82) is 0 Å². The number of benzene rings is 1. The number of rotatable bonds is 5. The molecular weight excluding hydrogens is 332 g/mol. The summed E-state index contributed by atoms with van der Waals surface area (Å²) in [6, 6.07) is 7.71. The van der Waals surface area contributed by atoms with E-state index in [0.717, 1.165) is 18.4 Å². The van der Waals surface area contributed by atoms with Crippen molar-refractivity contribution in [1.82, 2.24) is 10.2 Å². The molecular formula is C20H28N2O4. The van der Waals surface area contributed by atoms with Crippen LogP contribution in [0.4, 0.5) is 0 Å². The lowest BCUT2D eigenvalue weighted by Gasteiger charge is -2.36. The van der Waals surface area contributed by atoms with Crippen LogP contribution in [0.2, 0.25) is 0 Å². The SMILES string of the molecule is Cc1ccc([C@H](NC(=O)C(=O)N2CCOC[C@H]2C[C@@H](C)O)C2CC2)cc1. The van der Waals surface area contributed by atoms with Gasteiger partial charge in [-0.3, -0.25) is 9.59 Å². The molecule has 1 saturated carbocycles. The number of hydrogen-bond acceptors (Lipinski definition) is 4. The van der Waals surface area contributed by atoms with Crippen LogP contribution < -0.4 is 5.32 Å². The Kier molecular flexibility index (Phi) is 5.94. The number of carbonyl (C=O) groups excluding carboxylic acids is 2. The Labute approximate surface area is 154 Å². The molecule has 3 rings (SSSR count). The number of aliphatic hydroxyl groups excluding tert-OH is 1. The van der Waals surface area contributed by atoms with Crippen LogP contribution in [0.1, 0.15) is 43.4 Å². The number of nitrogens with one attached hydrogen (secondary N) is 1. The Morgan fingerprint density at radius 1 is 1.31 bits per heavy atom. The Balaban J connectivity index is 1.68. The molecule has 2 amide bonds. The van der Waals surface area contributed by atoms with Crippen molar-refractivity contribution < 1.29 is 19.4 Å². The number of ether oxygens (including phenoxy) is 1. The van der Waals surface area contributed by atoms with Gasteiger partial charge in [-0.15, -0.1) is 0 Å². The van der Waals surface area contributed by atoms with Crippen molar-refractivity contribution in [2.75, 3.05) is 19.8 Å². The van der Waals surface area contributed by atoms with Gasteiger partial charge in [-0.2, -0.15) is 0 Å². The number of hydrogen-bond donors (Lipinski definition) is 2. The van der Waals surface area contributed by atoms with E-state index in [1.165, 1.54) is 5.56 Å². The van der Waals surface area contributed by atoms with E-state index in [1.54, 1.807) is 11.8 Å². The van der Waals surface area contributed by atoms with Gasteiger partial charge in [-0.1, -0.05) is 29.8 Å². The van der Waals surface area contributed by atoms with E-state index in [2.05, 4.69) is 5.32 Å². The first-order valence-corrected chi connectivity index (χ1v) is 9.39. The standard InChI is InChI=1S/C20H28N2O4/c1-13-3-5-15(6-4-13)18(16-7-8-16)21-19(24)20(25)22-9-10-26-12-17(22)11-14(2)23/h3-6,14,16-18,23H,7-12H2,1-2H3,(H,21,24)/t14-,17-,18+/m1/s1. The molecule has 3 atom stereocenters. The van der Waals surface area contributed by atoms with Crippen molar-refractivity contribution >= 4 is 11.8 Å². The maximum absolute atomic E-state index is 12.7. The maximum atomic E-state index is 12.7. The van der Waals surface area contributed by atoms with Crippen LogP contribution in [0.5, 0.6) is 0 Å². The van der Waals surface area contributed by atoms with Gasteiger partial charge in [0.25, 0.3) is 0 Å². The average molecular weight is 360 g/mol. The molecule has 6 nitrogen and oxygen atoms in total. The first-order valence-electron chi connectivity index (χ1n) is 9.39. The highest BCUT2D eigenvalue weighted by atomic mass is 16.5. The minimum Gasteiger partial charge on any atom is -0.393 e. The average Bonchev–Trinajstić information content (AvgIpc) is 3.45.